The Morgan fingerprint density at radius 1 is 0.919 bits per heavy atom. The van der Waals surface area contributed by atoms with Crippen molar-refractivity contribution in [1.29, 1.82) is 0 Å². The van der Waals surface area contributed by atoms with Crippen LogP contribution >= 0.6 is 0 Å². The summed E-state index contributed by atoms with van der Waals surface area (Å²) in [7, 11) is 0. The average molecular weight is 497 g/mol. The number of hydrogen-bond donors (Lipinski definition) is 4. The van der Waals surface area contributed by atoms with Gasteiger partial charge in [0.05, 0.1) is 16.8 Å². The van der Waals surface area contributed by atoms with Crippen molar-refractivity contribution >= 4 is 34.8 Å². The normalized spacial score (nSPS) is 14.9. The van der Waals surface area contributed by atoms with Crippen molar-refractivity contribution in [2.24, 2.45) is 5.92 Å². The Bertz CT molecular complexity index is 1420. The van der Waals surface area contributed by atoms with E-state index in [9.17, 15) is 24.6 Å². The first-order valence-electron chi connectivity index (χ1n) is 12.0. The van der Waals surface area contributed by atoms with Crippen LogP contribution in [0.15, 0.2) is 78.9 Å². The van der Waals surface area contributed by atoms with E-state index in [1.165, 1.54) is 18.2 Å². The van der Waals surface area contributed by atoms with Crippen LogP contribution < -0.4 is 11.1 Å². The molecule has 0 radical (unpaired) electrons. The van der Waals surface area contributed by atoms with Crippen LogP contribution in [0.3, 0.4) is 0 Å². The van der Waals surface area contributed by atoms with Gasteiger partial charge < -0.3 is 21.3 Å². The van der Waals surface area contributed by atoms with E-state index in [-0.39, 0.29) is 22.5 Å². The van der Waals surface area contributed by atoms with Crippen LogP contribution in [-0.4, -0.2) is 28.1 Å². The lowest BCUT2D eigenvalue weighted by Gasteiger charge is -2.12. The quantitative estimate of drug-likeness (QED) is 0.302. The highest BCUT2D eigenvalue weighted by molar-refractivity contribution is 6.08. The van der Waals surface area contributed by atoms with Crippen LogP contribution in [0.2, 0.25) is 0 Å². The van der Waals surface area contributed by atoms with Gasteiger partial charge in [-0.2, -0.15) is 0 Å². The molecule has 0 heterocycles. The Hall–Kier alpha value is -4.65. The molecule has 0 bridgehead atoms. The summed E-state index contributed by atoms with van der Waals surface area (Å²) in [5, 5.41) is 21.7. The maximum absolute atomic E-state index is 12.9. The Balaban J connectivity index is 1.51. The van der Waals surface area contributed by atoms with Gasteiger partial charge in [0.25, 0.3) is 5.91 Å². The van der Waals surface area contributed by atoms with Crippen LogP contribution in [0.4, 0.5) is 11.4 Å². The number of carboxylic acid groups (broad SMARTS) is 2. The predicted octanol–water partition coefficient (Wildman–Crippen LogP) is 5.88. The minimum atomic E-state index is -1.18. The van der Waals surface area contributed by atoms with Crippen LogP contribution in [-0.2, 0) is 6.42 Å². The Kier molecular flexibility index (Phi) is 7.53. The zero-order valence-electron chi connectivity index (χ0n) is 20.4. The number of carbonyl (C=O) groups excluding carboxylic acids is 1. The lowest BCUT2D eigenvalue weighted by atomic mass is 9.99. The monoisotopic (exact) mass is 496 g/mol. The summed E-state index contributed by atoms with van der Waals surface area (Å²) < 4.78 is 0. The molecule has 0 aliphatic heterocycles. The summed E-state index contributed by atoms with van der Waals surface area (Å²) >= 11 is 0. The lowest BCUT2D eigenvalue weighted by Crippen LogP contribution is -2.15. The van der Waals surface area contributed by atoms with Crippen molar-refractivity contribution in [3.8, 4) is 0 Å². The highest BCUT2D eigenvalue weighted by Crippen LogP contribution is 2.25. The van der Waals surface area contributed by atoms with Gasteiger partial charge in [0, 0.05) is 11.3 Å². The first-order chi connectivity index (χ1) is 17.7. The number of hydrogen-bond acceptors (Lipinski definition) is 4. The van der Waals surface area contributed by atoms with Crippen LogP contribution in [0.5, 0.6) is 0 Å². The number of nitrogens with one attached hydrogen (secondary N) is 1. The molecule has 1 unspecified atom stereocenters. The molecule has 0 aromatic heterocycles. The Labute approximate surface area is 215 Å². The van der Waals surface area contributed by atoms with E-state index in [0.29, 0.717) is 29.0 Å². The Morgan fingerprint density at radius 3 is 2.24 bits per heavy atom. The molecule has 0 saturated carbocycles. The molecule has 1 atom stereocenters. The number of carboxylic acids is 2. The van der Waals surface area contributed by atoms with Gasteiger partial charge in [0.2, 0.25) is 0 Å². The van der Waals surface area contributed by atoms with Gasteiger partial charge in [0.15, 0.2) is 0 Å². The second-order valence-electron chi connectivity index (χ2n) is 9.19. The molecular weight excluding hydrogens is 468 g/mol. The fourth-order valence-corrected chi connectivity index (χ4v) is 4.28. The number of nitrogen functional groups attached to an aromatic ring is 1. The summed E-state index contributed by atoms with van der Waals surface area (Å²) in [4.78, 5) is 36.2. The van der Waals surface area contributed by atoms with Crippen molar-refractivity contribution in [3.05, 3.63) is 112 Å². The molecule has 0 spiro atoms. The summed E-state index contributed by atoms with van der Waals surface area (Å²) in [6, 6.07) is 16.6. The second-order valence-corrected chi connectivity index (χ2v) is 9.19. The van der Waals surface area contributed by atoms with Crippen molar-refractivity contribution in [3.63, 3.8) is 0 Å². The van der Waals surface area contributed by atoms with Crippen LogP contribution in [0, 0.1) is 5.92 Å². The summed E-state index contributed by atoms with van der Waals surface area (Å²) in [6.07, 6.45) is 8.91. The van der Waals surface area contributed by atoms with E-state index in [2.05, 4.69) is 30.5 Å². The van der Waals surface area contributed by atoms with Crippen LogP contribution in [0.25, 0.3) is 5.57 Å². The standard InChI is InChI=1S/C30H28N2O5/c1-18-3-2-4-21(8-5-18)22-9-11-23(12-10-22)28(33)32-27-14-7-20(17-25(27)30(36)37)15-19-6-13-26(31)24(16-19)29(34)35/h4-14,16-18H,2-3,15,31H2,1H3,(H,32,33)(H,34,35)(H,36,37). The zero-order chi connectivity index (χ0) is 26.5. The molecule has 0 saturated heterocycles. The number of benzene rings is 3. The van der Waals surface area contributed by atoms with Gasteiger partial charge in [-0.15, -0.1) is 0 Å². The molecule has 4 rings (SSSR count). The molecule has 3 aromatic carbocycles. The lowest BCUT2D eigenvalue weighted by molar-refractivity contribution is 0.0687. The first kappa shape index (κ1) is 25.4. The molecule has 1 amide bonds. The molecule has 0 fully saturated rings. The maximum atomic E-state index is 12.9. The van der Waals surface area contributed by atoms with Crippen molar-refractivity contribution in [1.82, 2.24) is 0 Å². The molecule has 3 aromatic rings. The van der Waals surface area contributed by atoms with Gasteiger partial charge in [-0.05, 0) is 83.8 Å². The molecule has 188 valence electrons. The predicted molar refractivity (Wildman–Crippen MR) is 144 cm³/mol. The number of rotatable bonds is 7. The molecule has 7 heteroatoms. The SMILES string of the molecule is CC1C=CC(c2ccc(C(=O)Nc3ccc(Cc4ccc(N)c(C(=O)O)c4)cc3C(=O)O)cc2)=CCC1. The van der Waals surface area contributed by atoms with Crippen molar-refractivity contribution < 1.29 is 24.6 Å². The number of amides is 1. The highest BCUT2D eigenvalue weighted by atomic mass is 16.4. The molecular formula is C30H28N2O5. The van der Waals surface area contributed by atoms with Crippen molar-refractivity contribution in [2.45, 2.75) is 26.2 Å². The maximum Gasteiger partial charge on any atom is 0.337 e. The Morgan fingerprint density at radius 2 is 1.57 bits per heavy atom. The molecule has 1 aliphatic rings. The molecule has 5 N–H and O–H groups in total. The van der Waals surface area contributed by atoms with Crippen molar-refractivity contribution in [2.75, 3.05) is 11.1 Å². The summed E-state index contributed by atoms with van der Waals surface area (Å²) in [5.41, 5.74) is 9.87. The first-order valence-corrected chi connectivity index (χ1v) is 12.0. The molecule has 7 nitrogen and oxygen atoms in total. The smallest absolute Gasteiger partial charge is 0.337 e. The van der Waals surface area contributed by atoms with E-state index in [1.807, 2.05) is 12.1 Å². The molecule has 37 heavy (non-hydrogen) atoms. The minimum absolute atomic E-state index is 0.00762. The number of anilines is 2. The van der Waals surface area contributed by atoms with E-state index in [0.717, 1.165) is 24.0 Å². The second kappa shape index (κ2) is 11.0. The average Bonchev–Trinajstić information content (AvgIpc) is 3.10. The topological polar surface area (TPSA) is 130 Å². The summed E-state index contributed by atoms with van der Waals surface area (Å²) in [5.74, 6) is -2.20. The van der Waals surface area contributed by atoms with Crippen LogP contribution in [0.1, 0.15) is 67.5 Å². The van der Waals surface area contributed by atoms with Gasteiger partial charge in [-0.1, -0.05) is 49.4 Å². The van der Waals surface area contributed by atoms with Gasteiger partial charge in [-0.3, -0.25) is 4.79 Å². The number of allylic oxidation sites excluding steroid dienone is 4. The fourth-order valence-electron chi connectivity index (χ4n) is 4.28. The third-order valence-electron chi connectivity index (χ3n) is 6.39. The molecule has 1 aliphatic carbocycles. The van der Waals surface area contributed by atoms with Gasteiger partial charge in [0.1, 0.15) is 0 Å². The minimum Gasteiger partial charge on any atom is -0.478 e. The van der Waals surface area contributed by atoms with Gasteiger partial charge >= 0.3 is 11.9 Å². The zero-order valence-corrected chi connectivity index (χ0v) is 20.4. The van der Waals surface area contributed by atoms with E-state index in [1.54, 1.807) is 30.3 Å². The largest absolute Gasteiger partial charge is 0.478 e. The third-order valence-corrected chi connectivity index (χ3v) is 6.39. The highest BCUT2D eigenvalue weighted by Gasteiger charge is 2.16. The number of nitrogens with two attached hydrogens (primary N) is 1. The van der Waals surface area contributed by atoms with Gasteiger partial charge in [-0.25, -0.2) is 9.59 Å². The fraction of sp³-hybridized carbons (Fsp3) is 0.167. The third kappa shape index (κ3) is 6.13. The number of carbonyl (C=O) groups is 3. The van der Waals surface area contributed by atoms with E-state index >= 15 is 0 Å². The van der Waals surface area contributed by atoms with E-state index < -0.39 is 17.8 Å². The number of aromatic carboxylic acids is 2. The van der Waals surface area contributed by atoms with E-state index in [4.69, 9.17) is 5.73 Å². The summed E-state index contributed by atoms with van der Waals surface area (Å²) in [6.45, 7) is 2.19.